The summed E-state index contributed by atoms with van der Waals surface area (Å²) >= 11 is 1.46. The van der Waals surface area contributed by atoms with Crippen LogP contribution in [-0.4, -0.2) is 30.0 Å². The minimum absolute atomic E-state index is 0.0110. The van der Waals surface area contributed by atoms with Crippen LogP contribution in [-0.2, 0) is 0 Å². The van der Waals surface area contributed by atoms with Crippen LogP contribution in [0.5, 0.6) is 0 Å². The smallest absolute Gasteiger partial charge is 0.263 e. The maximum absolute atomic E-state index is 12.4. The van der Waals surface area contributed by atoms with Crippen LogP contribution >= 0.6 is 11.3 Å². The van der Waals surface area contributed by atoms with Gasteiger partial charge in [-0.15, -0.1) is 11.3 Å². The van der Waals surface area contributed by atoms with E-state index in [1.165, 1.54) is 11.3 Å². The Morgan fingerprint density at radius 1 is 1.40 bits per heavy atom. The number of thiazole rings is 1. The van der Waals surface area contributed by atoms with Gasteiger partial charge in [0.2, 0.25) is 0 Å². The van der Waals surface area contributed by atoms with Crippen molar-refractivity contribution in [3.8, 4) is 11.3 Å². The van der Waals surface area contributed by atoms with Crippen molar-refractivity contribution in [2.75, 3.05) is 13.1 Å². The molecule has 0 radical (unpaired) electrons. The summed E-state index contributed by atoms with van der Waals surface area (Å²) < 4.78 is 0. The molecule has 1 aromatic heterocycles. The van der Waals surface area contributed by atoms with E-state index in [0.717, 1.165) is 35.8 Å². The minimum Gasteiger partial charge on any atom is -0.347 e. The molecule has 0 saturated carbocycles. The maximum atomic E-state index is 12.4. The van der Waals surface area contributed by atoms with Crippen LogP contribution in [0, 0.1) is 6.92 Å². The molecule has 1 atom stereocenters. The zero-order chi connectivity index (χ0) is 13.9. The Labute approximate surface area is 122 Å². The van der Waals surface area contributed by atoms with Gasteiger partial charge in [-0.3, -0.25) is 4.79 Å². The second kappa shape index (κ2) is 5.73. The second-order valence-electron chi connectivity index (χ2n) is 4.94. The zero-order valence-corrected chi connectivity index (χ0v) is 12.2. The number of benzene rings is 1. The summed E-state index contributed by atoms with van der Waals surface area (Å²) in [5.41, 5.74) is 1.78. The van der Waals surface area contributed by atoms with Crippen molar-refractivity contribution in [3.63, 3.8) is 0 Å². The number of nitrogens with one attached hydrogen (secondary N) is 2. The predicted octanol–water partition coefficient (Wildman–Crippen LogP) is 2.21. The van der Waals surface area contributed by atoms with Crippen LogP contribution in [0.1, 0.15) is 21.1 Å². The Morgan fingerprint density at radius 2 is 2.20 bits per heavy atom. The normalized spacial score (nSPS) is 18.1. The first-order chi connectivity index (χ1) is 9.74. The van der Waals surface area contributed by atoms with Crippen LogP contribution in [0.15, 0.2) is 30.3 Å². The van der Waals surface area contributed by atoms with E-state index in [4.69, 9.17) is 0 Å². The Bertz CT molecular complexity index is 603. The van der Waals surface area contributed by atoms with E-state index in [2.05, 4.69) is 15.6 Å². The van der Waals surface area contributed by atoms with E-state index in [1.54, 1.807) is 0 Å². The Morgan fingerprint density at radius 3 is 2.90 bits per heavy atom. The zero-order valence-electron chi connectivity index (χ0n) is 11.3. The molecule has 0 bridgehead atoms. The van der Waals surface area contributed by atoms with Crippen molar-refractivity contribution < 1.29 is 4.79 Å². The Hall–Kier alpha value is -1.72. The summed E-state index contributed by atoms with van der Waals surface area (Å²) in [5, 5.41) is 7.26. The highest BCUT2D eigenvalue weighted by Crippen LogP contribution is 2.28. The molecule has 20 heavy (non-hydrogen) atoms. The first-order valence-electron chi connectivity index (χ1n) is 6.78. The molecule has 5 heteroatoms. The molecule has 1 saturated heterocycles. The van der Waals surface area contributed by atoms with E-state index in [-0.39, 0.29) is 11.9 Å². The third-order valence-corrected chi connectivity index (χ3v) is 4.35. The lowest BCUT2D eigenvalue weighted by atomic mass is 10.1. The van der Waals surface area contributed by atoms with Gasteiger partial charge < -0.3 is 10.6 Å². The number of carbonyl (C=O) groups excluding carboxylic acids is 1. The molecule has 1 unspecified atom stereocenters. The molecule has 1 aromatic carbocycles. The SMILES string of the molecule is Cc1nc(-c2ccccc2)c(C(=O)NC2CCNC2)s1. The van der Waals surface area contributed by atoms with Crippen molar-refractivity contribution in [2.24, 2.45) is 0 Å². The number of nitrogens with zero attached hydrogens (tertiary/aromatic N) is 1. The van der Waals surface area contributed by atoms with E-state index in [1.807, 2.05) is 37.3 Å². The summed E-state index contributed by atoms with van der Waals surface area (Å²) in [7, 11) is 0. The molecule has 4 nitrogen and oxygen atoms in total. The molecule has 1 aliphatic rings. The third-order valence-electron chi connectivity index (χ3n) is 3.38. The van der Waals surface area contributed by atoms with Gasteiger partial charge in [0, 0.05) is 18.2 Å². The lowest BCUT2D eigenvalue weighted by molar-refractivity contribution is 0.0944. The summed E-state index contributed by atoms with van der Waals surface area (Å²) in [6.07, 6.45) is 0.990. The number of aromatic nitrogens is 1. The standard InChI is InChI=1S/C15H17N3OS/c1-10-17-13(11-5-3-2-4-6-11)14(20-10)15(19)18-12-7-8-16-9-12/h2-6,12,16H,7-9H2,1H3,(H,18,19). The first-order valence-corrected chi connectivity index (χ1v) is 7.60. The van der Waals surface area contributed by atoms with Gasteiger partial charge in [0.25, 0.3) is 5.91 Å². The van der Waals surface area contributed by atoms with Crippen molar-refractivity contribution in [2.45, 2.75) is 19.4 Å². The first kappa shape index (κ1) is 13.3. The quantitative estimate of drug-likeness (QED) is 0.910. The highest BCUT2D eigenvalue weighted by Gasteiger charge is 2.22. The van der Waals surface area contributed by atoms with Crippen LogP contribution < -0.4 is 10.6 Å². The second-order valence-corrected chi connectivity index (χ2v) is 6.14. The van der Waals surface area contributed by atoms with Gasteiger partial charge in [-0.25, -0.2) is 4.98 Å². The van der Waals surface area contributed by atoms with Crippen molar-refractivity contribution >= 4 is 17.2 Å². The Balaban J connectivity index is 1.87. The van der Waals surface area contributed by atoms with E-state index < -0.39 is 0 Å². The molecule has 2 aromatic rings. The van der Waals surface area contributed by atoms with Crippen molar-refractivity contribution in [3.05, 3.63) is 40.2 Å². The fraction of sp³-hybridized carbons (Fsp3) is 0.333. The molecule has 104 valence electrons. The molecular formula is C15H17N3OS. The predicted molar refractivity (Wildman–Crippen MR) is 81.0 cm³/mol. The summed E-state index contributed by atoms with van der Waals surface area (Å²) in [6.45, 7) is 3.76. The molecule has 1 amide bonds. The lowest BCUT2D eigenvalue weighted by Crippen LogP contribution is -2.36. The van der Waals surface area contributed by atoms with Gasteiger partial charge in [-0.1, -0.05) is 30.3 Å². The Kier molecular flexibility index (Phi) is 3.80. The molecule has 2 N–H and O–H groups in total. The summed E-state index contributed by atoms with van der Waals surface area (Å²) in [4.78, 5) is 17.7. The topological polar surface area (TPSA) is 54.0 Å². The highest BCUT2D eigenvalue weighted by atomic mass is 32.1. The van der Waals surface area contributed by atoms with Crippen molar-refractivity contribution in [1.29, 1.82) is 0 Å². The number of carbonyl (C=O) groups is 1. The van der Waals surface area contributed by atoms with Crippen molar-refractivity contribution in [1.82, 2.24) is 15.6 Å². The van der Waals surface area contributed by atoms with Gasteiger partial charge in [-0.05, 0) is 19.9 Å². The van der Waals surface area contributed by atoms with E-state index in [0.29, 0.717) is 4.88 Å². The van der Waals surface area contributed by atoms with Crippen LogP contribution in [0.3, 0.4) is 0 Å². The van der Waals surface area contributed by atoms with Gasteiger partial charge >= 0.3 is 0 Å². The highest BCUT2D eigenvalue weighted by molar-refractivity contribution is 7.14. The maximum Gasteiger partial charge on any atom is 0.263 e. The molecule has 1 fully saturated rings. The van der Waals surface area contributed by atoms with Crippen LogP contribution in [0.2, 0.25) is 0 Å². The van der Waals surface area contributed by atoms with Gasteiger partial charge in [0.15, 0.2) is 0 Å². The average molecular weight is 287 g/mol. The summed E-state index contributed by atoms with van der Waals surface area (Å²) in [5.74, 6) is -0.0110. The number of hydrogen-bond donors (Lipinski definition) is 2. The van der Waals surface area contributed by atoms with Gasteiger partial charge in [-0.2, -0.15) is 0 Å². The molecule has 2 heterocycles. The van der Waals surface area contributed by atoms with Crippen LogP contribution in [0.25, 0.3) is 11.3 Å². The van der Waals surface area contributed by atoms with Crippen LogP contribution in [0.4, 0.5) is 0 Å². The number of amides is 1. The minimum atomic E-state index is -0.0110. The molecule has 3 rings (SSSR count). The number of aryl methyl sites for hydroxylation is 1. The lowest BCUT2D eigenvalue weighted by Gasteiger charge is -2.10. The third kappa shape index (κ3) is 2.73. The number of rotatable bonds is 3. The molecule has 1 aliphatic heterocycles. The fourth-order valence-electron chi connectivity index (χ4n) is 2.40. The molecule has 0 spiro atoms. The largest absolute Gasteiger partial charge is 0.347 e. The number of hydrogen-bond acceptors (Lipinski definition) is 4. The van der Waals surface area contributed by atoms with Gasteiger partial charge in [0.05, 0.1) is 10.7 Å². The summed E-state index contributed by atoms with van der Waals surface area (Å²) in [6, 6.07) is 10.1. The molecular weight excluding hydrogens is 270 g/mol. The molecule has 0 aliphatic carbocycles. The monoisotopic (exact) mass is 287 g/mol. The van der Waals surface area contributed by atoms with E-state index >= 15 is 0 Å². The fourth-order valence-corrected chi connectivity index (χ4v) is 3.25. The van der Waals surface area contributed by atoms with E-state index in [9.17, 15) is 4.79 Å². The average Bonchev–Trinajstić information content (AvgIpc) is 3.09. The van der Waals surface area contributed by atoms with Gasteiger partial charge in [0.1, 0.15) is 4.88 Å².